The second-order valence-electron chi connectivity index (χ2n) is 9.60. The van der Waals surface area contributed by atoms with E-state index in [4.69, 9.17) is 5.73 Å². The molecule has 198 valence electrons. The molecule has 1 heterocycles. The molecule has 1 saturated heterocycles. The van der Waals surface area contributed by atoms with Gasteiger partial charge in [0.15, 0.2) is 0 Å². The third-order valence-electron chi connectivity index (χ3n) is 6.51. The maximum atomic E-state index is 13.1. The van der Waals surface area contributed by atoms with E-state index in [0.29, 0.717) is 32.2 Å². The second-order valence-corrected chi connectivity index (χ2v) is 9.60. The average Bonchev–Trinajstić information content (AvgIpc) is 2.82. The van der Waals surface area contributed by atoms with Crippen molar-refractivity contribution in [3.05, 3.63) is 0 Å². The molecule has 2 fully saturated rings. The third kappa shape index (κ3) is 8.46. The van der Waals surface area contributed by atoms with Gasteiger partial charge in [-0.05, 0) is 44.6 Å². The minimum Gasteiger partial charge on any atom is -0.394 e. The van der Waals surface area contributed by atoms with Gasteiger partial charge in [-0.15, -0.1) is 0 Å². The van der Waals surface area contributed by atoms with Crippen LogP contribution in [0.3, 0.4) is 0 Å². The molecule has 5 atom stereocenters. The number of carbonyl (C=O) groups is 5. The van der Waals surface area contributed by atoms with Gasteiger partial charge in [-0.2, -0.15) is 0 Å². The fraction of sp³-hybridized carbons (Fsp3) is 0.783. The number of rotatable bonds is 6. The second kappa shape index (κ2) is 14.0. The van der Waals surface area contributed by atoms with Crippen molar-refractivity contribution < 1.29 is 29.1 Å². The number of unbranched alkanes of at least 4 members (excludes halogenated alkanes) is 1. The van der Waals surface area contributed by atoms with Gasteiger partial charge in [0.05, 0.1) is 19.1 Å². The Labute approximate surface area is 205 Å². The molecule has 12 heteroatoms. The van der Waals surface area contributed by atoms with Gasteiger partial charge in [0.2, 0.25) is 29.5 Å². The molecular weight excluding hydrogens is 456 g/mol. The lowest BCUT2D eigenvalue weighted by molar-refractivity contribution is -0.137. The van der Waals surface area contributed by atoms with Crippen molar-refractivity contribution in [3.8, 4) is 0 Å². The fourth-order valence-electron chi connectivity index (χ4n) is 4.45. The molecule has 8 N–H and O–H groups in total. The van der Waals surface area contributed by atoms with Crippen molar-refractivity contribution in [1.29, 1.82) is 0 Å². The van der Waals surface area contributed by atoms with Crippen LogP contribution in [0.2, 0.25) is 0 Å². The van der Waals surface area contributed by atoms with Crippen LogP contribution < -0.4 is 32.3 Å². The smallest absolute Gasteiger partial charge is 0.245 e. The zero-order chi connectivity index (χ0) is 26.0. The predicted molar refractivity (Wildman–Crippen MR) is 128 cm³/mol. The zero-order valence-electron chi connectivity index (χ0n) is 20.6. The van der Waals surface area contributed by atoms with Crippen LogP contribution >= 0.6 is 0 Å². The van der Waals surface area contributed by atoms with Crippen LogP contribution in [0.1, 0.15) is 58.8 Å². The third-order valence-corrected chi connectivity index (χ3v) is 6.51. The van der Waals surface area contributed by atoms with E-state index in [0.717, 1.165) is 12.8 Å². The van der Waals surface area contributed by atoms with E-state index in [9.17, 15) is 29.1 Å². The number of carbonyl (C=O) groups excluding carboxylic acids is 5. The van der Waals surface area contributed by atoms with E-state index in [2.05, 4.69) is 26.6 Å². The van der Waals surface area contributed by atoms with Gasteiger partial charge in [-0.25, -0.2) is 0 Å². The molecule has 0 aromatic carbocycles. The first-order valence-electron chi connectivity index (χ1n) is 12.5. The van der Waals surface area contributed by atoms with Crippen molar-refractivity contribution in [1.82, 2.24) is 26.6 Å². The van der Waals surface area contributed by atoms with Crippen LogP contribution in [0.15, 0.2) is 0 Å². The molecular formula is C23H40N6O6. The molecule has 0 unspecified atom stereocenters. The van der Waals surface area contributed by atoms with Crippen LogP contribution in [-0.4, -0.2) is 78.5 Å². The Morgan fingerprint density at radius 2 is 1.54 bits per heavy atom. The first-order valence-corrected chi connectivity index (χ1v) is 12.5. The quantitative estimate of drug-likeness (QED) is 0.207. The number of nitrogens with one attached hydrogen (secondary N) is 5. The van der Waals surface area contributed by atoms with Crippen LogP contribution in [0.4, 0.5) is 0 Å². The van der Waals surface area contributed by atoms with Crippen LogP contribution in [0, 0.1) is 11.8 Å². The van der Waals surface area contributed by atoms with Crippen molar-refractivity contribution in [2.45, 2.75) is 83.0 Å². The predicted octanol–water partition coefficient (Wildman–Crippen LogP) is -1.98. The summed E-state index contributed by atoms with van der Waals surface area (Å²) >= 11 is 0. The summed E-state index contributed by atoms with van der Waals surface area (Å²) in [5.41, 5.74) is 5.53. The molecule has 0 aromatic rings. The molecule has 12 nitrogen and oxygen atoms in total. The summed E-state index contributed by atoms with van der Waals surface area (Å²) < 4.78 is 0. The summed E-state index contributed by atoms with van der Waals surface area (Å²) in [6, 6.07) is -3.64. The van der Waals surface area contributed by atoms with E-state index < -0.39 is 60.3 Å². The van der Waals surface area contributed by atoms with E-state index in [1.165, 1.54) is 0 Å². The summed E-state index contributed by atoms with van der Waals surface area (Å²) in [7, 11) is 0. The largest absolute Gasteiger partial charge is 0.394 e. The van der Waals surface area contributed by atoms with Gasteiger partial charge in [0, 0.05) is 6.04 Å². The maximum Gasteiger partial charge on any atom is 0.245 e. The van der Waals surface area contributed by atoms with Crippen molar-refractivity contribution in [3.63, 3.8) is 0 Å². The molecule has 1 aliphatic carbocycles. The molecule has 0 radical (unpaired) electrons. The topological polar surface area (TPSA) is 192 Å². The minimum atomic E-state index is -1.32. The Balaban J connectivity index is 2.31. The van der Waals surface area contributed by atoms with Gasteiger partial charge in [-0.3, -0.25) is 24.0 Å². The number of hydrogen-bond donors (Lipinski definition) is 7. The lowest BCUT2D eigenvalue weighted by atomic mass is 9.83. The molecule has 5 amide bonds. The Bertz CT molecular complexity index is 776. The molecule has 1 saturated carbocycles. The Morgan fingerprint density at radius 3 is 2.20 bits per heavy atom. The number of aliphatic hydroxyl groups excluding tert-OH is 1. The first-order chi connectivity index (χ1) is 16.7. The van der Waals surface area contributed by atoms with Gasteiger partial charge in [-0.1, -0.05) is 26.7 Å². The number of fused-ring (bicyclic) bond motifs is 1. The highest BCUT2D eigenvalue weighted by Crippen LogP contribution is 2.25. The number of nitrogens with two attached hydrogens (primary N) is 1. The van der Waals surface area contributed by atoms with Crippen molar-refractivity contribution in [2.24, 2.45) is 17.6 Å². The minimum absolute atomic E-state index is 0.276. The molecule has 0 spiro atoms. The average molecular weight is 497 g/mol. The Morgan fingerprint density at radius 1 is 0.857 bits per heavy atom. The maximum absolute atomic E-state index is 13.1. The molecule has 2 aliphatic rings. The summed E-state index contributed by atoms with van der Waals surface area (Å²) in [6.45, 7) is 2.94. The molecule has 0 aromatic heterocycles. The highest BCUT2D eigenvalue weighted by atomic mass is 16.3. The normalized spacial score (nSPS) is 29.4. The van der Waals surface area contributed by atoms with Crippen molar-refractivity contribution >= 4 is 29.5 Å². The number of aliphatic hydroxyl groups is 1. The molecule has 35 heavy (non-hydrogen) atoms. The summed E-state index contributed by atoms with van der Waals surface area (Å²) in [6.07, 6.45) is 4.31. The van der Waals surface area contributed by atoms with Gasteiger partial charge < -0.3 is 37.4 Å². The highest BCUT2D eigenvalue weighted by Gasteiger charge is 2.36. The van der Waals surface area contributed by atoms with E-state index in [1.807, 2.05) is 0 Å². The number of amides is 5. The van der Waals surface area contributed by atoms with Crippen molar-refractivity contribution in [2.75, 3.05) is 19.7 Å². The summed E-state index contributed by atoms with van der Waals surface area (Å²) in [4.78, 5) is 64.3. The standard InChI is InChI=1S/C23H40N6O6/c1-13(2)19-23(35)28-17(12-30)22(34)27-16(9-5-6-10-24)21(33)25-11-18(31)26-15-8-4-3-7-14(15)20(32)29-19/h13-17,19,30H,3-12,24H2,1-2H3,(H,25,33)(H,26,31)(H,27,34)(H,28,35)(H,29,32)/t14-,15-,16-,17-,19-/m0/s1. The fourth-order valence-corrected chi connectivity index (χ4v) is 4.45. The lowest BCUT2D eigenvalue weighted by Crippen LogP contribution is -2.60. The Hall–Kier alpha value is -2.73. The van der Waals surface area contributed by atoms with Crippen LogP contribution in [-0.2, 0) is 24.0 Å². The molecule has 1 aliphatic heterocycles. The van der Waals surface area contributed by atoms with Gasteiger partial charge in [0.1, 0.15) is 18.1 Å². The lowest BCUT2D eigenvalue weighted by Gasteiger charge is -2.33. The van der Waals surface area contributed by atoms with Crippen LogP contribution in [0.5, 0.6) is 0 Å². The Kier molecular flexibility index (Phi) is 11.4. The molecule has 2 rings (SSSR count). The monoisotopic (exact) mass is 496 g/mol. The van der Waals surface area contributed by atoms with E-state index in [-0.39, 0.29) is 24.8 Å². The summed E-state index contributed by atoms with van der Waals surface area (Å²) in [5.74, 6) is -3.53. The zero-order valence-corrected chi connectivity index (χ0v) is 20.6. The summed E-state index contributed by atoms with van der Waals surface area (Å²) in [5, 5.41) is 23.0. The van der Waals surface area contributed by atoms with Crippen LogP contribution in [0.25, 0.3) is 0 Å². The molecule has 0 bridgehead atoms. The van der Waals surface area contributed by atoms with Gasteiger partial charge >= 0.3 is 0 Å². The first kappa shape index (κ1) is 28.5. The highest BCUT2D eigenvalue weighted by molar-refractivity contribution is 5.95. The van der Waals surface area contributed by atoms with E-state index in [1.54, 1.807) is 13.8 Å². The van der Waals surface area contributed by atoms with E-state index >= 15 is 0 Å². The van der Waals surface area contributed by atoms with Gasteiger partial charge in [0.25, 0.3) is 0 Å². The SMILES string of the molecule is CC(C)[C@@H]1NC(=O)[C@H]2CCCC[C@@H]2NC(=O)CNC(=O)[C@H](CCCCN)NC(=O)[C@H](CO)NC1=O. The number of hydrogen-bond acceptors (Lipinski definition) is 7.